The summed E-state index contributed by atoms with van der Waals surface area (Å²) in [6, 6.07) is 3.03. The Kier molecular flexibility index (Phi) is 3.07. The largest absolute Gasteiger partial charge is 0.476 e. The van der Waals surface area contributed by atoms with Gasteiger partial charge in [-0.25, -0.2) is 14.5 Å². The van der Waals surface area contributed by atoms with E-state index in [1.165, 1.54) is 16.9 Å². The molecule has 9 heteroatoms. The third kappa shape index (κ3) is 2.71. The van der Waals surface area contributed by atoms with Crippen molar-refractivity contribution < 1.29 is 9.90 Å². The number of aromatic nitrogens is 6. The lowest BCUT2D eigenvalue weighted by atomic mass is 10.5. The van der Waals surface area contributed by atoms with Gasteiger partial charge in [0.25, 0.3) is 0 Å². The van der Waals surface area contributed by atoms with Gasteiger partial charge in [0.2, 0.25) is 5.95 Å². The lowest BCUT2D eigenvalue weighted by molar-refractivity contribution is 0.0690. The number of nitrogens with one attached hydrogen (secondary N) is 1. The minimum Gasteiger partial charge on any atom is -0.476 e. The molecule has 0 aliphatic carbocycles. The summed E-state index contributed by atoms with van der Waals surface area (Å²) in [5.74, 6) is -0.256. The van der Waals surface area contributed by atoms with Crippen LogP contribution in [0.3, 0.4) is 0 Å². The second-order valence-electron chi connectivity index (χ2n) is 4.22. The topological polar surface area (TPSA) is 111 Å². The van der Waals surface area contributed by atoms with E-state index in [-0.39, 0.29) is 5.69 Å². The summed E-state index contributed by atoms with van der Waals surface area (Å²) in [4.78, 5) is 19.2. The molecule has 0 bridgehead atoms. The van der Waals surface area contributed by atoms with Crippen LogP contribution in [0.1, 0.15) is 10.5 Å². The SMILES string of the molecule is Cn1cc(Nc2nccc(-n3ccc(C(=O)O)n3)n2)cn1. The fourth-order valence-electron chi connectivity index (χ4n) is 1.72. The number of anilines is 2. The van der Waals surface area contributed by atoms with Gasteiger partial charge in [0.15, 0.2) is 11.5 Å². The van der Waals surface area contributed by atoms with E-state index in [1.807, 2.05) is 0 Å². The molecule has 0 radical (unpaired) electrons. The van der Waals surface area contributed by atoms with Gasteiger partial charge in [0.05, 0.1) is 11.9 Å². The van der Waals surface area contributed by atoms with Crippen LogP contribution in [-0.4, -0.2) is 40.6 Å². The van der Waals surface area contributed by atoms with Crippen LogP contribution in [0.2, 0.25) is 0 Å². The summed E-state index contributed by atoms with van der Waals surface area (Å²) >= 11 is 0. The van der Waals surface area contributed by atoms with Gasteiger partial charge in [0, 0.05) is 31.7 Å². The van der Waals surface area contributed by atoms with Crippen molar-refractivity contribution >= 4 is 17.6 Å². The number of hydrogen-bond donors (Lipinski definition) is 2. The van der Waals surface area contributed by atoms with Crippen molar-refractivity contribution in [1.82, 2.24) is 29.5 Å². The zero-order valence-corrected chi connectivity index (χ0v) is 11.0. The van der Waals surface area contributed by atoms with Crippen molar-refractivity contribution in [2.45, 2.75) is 0 Å². The first-order valence-electron chi connectivity index (χ1n) is 6.00. The zero-order valence-electron chi connectivity index (χ0n) is 11.0. The molecule has 0 aromatic carbocycles. The fourth-order valence-corrected chi connectivity index (χ4v) is 1.72. The first kappa shape index (κ1) is 12.8. The molecule has 0 aliphatic rings. The standard InChI is InChI=1S/C12H11N7O2/c1-18-7-8(6-14-18)15-12-13-4-2-10(16-12)19-5-3-9(17-19)11(20)21/h2-7H,1H3,(H,20,21)(H,13,15,16). The molecule has 3 rings (SSSR count). The lowest BCUT2D eigenvalue weighted by Gasteiger charge is -2.04. The van der Waals surface area contributed by atoms with E-state index in [9.17, 15) is 4.79 Å². The molecule has 0 saturated heterocycles. The summed E-state index contributed by atoms with van der Waals surface area (Å²) in [7, 11) is 1.81. The number of aryl methyl sites for hydroxylation is 1. The monoisotopic (exact) mass is 285 g/mol. The molecule has 0 spiro atoms. The maximum Gasteiger partial charge on any atom is 0.356 e. The molecule has 0 unspecified atom stereocenters. The fraction of sp³-hybridized carbons (Fsp3) is 0.0833. The van der Waals surface area contributed by atoms with E-state index < -0.39 is 5.97 Å². The van der Waals surface area contributed by atoms with Crippen LogP contribution in [0, 0.1) is 0 Å². The Morgan fingerprint density at radius 1 is 1.38 bits per heavy atom. The molecule has 9 nitrogen and oxygen atoms in total. The highest BCUT2D eigenvalue weighted by molar-refractivity contribution is 5.85. The molecule has 0 atom stereocenters. The van der Waals surface area contributed by atoms with Crippen molar-refractivity contribution in [1.29, 1.82) is 0 Å². The van der Waals surface area contributed by atoms with Crippen LogP contribution in [-0.2, 0) is 7.05 Å². The molecule has 0 amide bonds. The lowest BCUT2D eigenvalue weighted by Crippen LogP contribution is -2.05. The quantitative estimate of drug-likeness (QED) is 0.730. The van der Waals surface area contributed by atoms with E-state index in [4.69, 9.17) is 5.11 Å². The molecule has 0 aliphatic heterocycles. The number of nitrogens with zero attached hydrogens (tertiary/aromatic N) is 6. The Balaban J connectivity index is 1.86. The Morgan fingerprint density at radius 2 is 2.24 bits per heavy atom. The number of hydrogen-bond acceptors (Lipinski definition) is 6. The number of carbonyl (C=O) groups is 1. The Morgan fingerprint density at radius 3 is 2.90 bits per heavy atom. The molecule has 0 saturated carbocycles. The van der Waals surface area contributed by atoms with Gasteiger partial charge in [0.1, 0.15) is 0 Å². The highest BCUT2D eigenvalue weighted by Gasteiger charge is 2.09. The smallest absolute Gasteiger partial charge is 0.356 e. The van der Waals surface area contributed by atoms with E-state index in [0.29, 0.717) is 11.8 Å². The van der Waals surface area contributed by atoms with Crippen molar-refractivity contribution in [2.24, 2.45) is 7.05 Å². The van der Waals surface area contributed by atoms with Crippen LogP contribution in [0.15, 0.2) is 36.9 Å². The minimum atomic E-state index is -1.09. The summed E-state index contributed by atoms with van der Waals surface area (Å²) in [6.45, 7) is 0. The summed E-state index contributed by atoms with van der Waals surface area (Å²) < 4.78 is 3.03. The maximum absolute atomic E-state index is 10.8. The number of carboxylic acid groups (broad SMARTS) is 1. The summed E-state index contributed by atoms with van der Waals surface area (Å²) in [5, 5.41) is 19.8. The molecule has 3 heterocycles. The van der Waals surface area contributed by atoms with Gasteiger partial charge >= 0.3 is 5.97 Å². The molecule has 3 aromatic heterocycles. The van der Waals surface area contributed by atoms with Crippen LogP contribution in [0.5, 0.6) is 0 Å². The van der Waals surface area contributed by atoms with E-state index in [2.05, 4.69) is 25.5 Å². The van der Waals surface area contributed by atoms with Gasteiger partial charge in [-0.3, -0.25) is 4.68 Å². The first-order chi connectivity index (χ1) is 10.1. The first-order valence-corrected chi connectivity index (χ1v) is 6.00. The van der Waals surface area contributed by atoms with Crippen LogP contribution >= 0.6 is 0 Å². The molecule has 2 N–H and O–H groups in total. The zero-order chi connectivity index (χ0) is 14.8. The second-order valence-corrected chi connectivity index (χ2v) is 4.22. The van der Waals surface area contributed by atoms with Crippen molar-refractivity contribution in [3.05, 3.63) is 42.6 Å². The maximum atomic E-state index is 10.8. The second kappa shape index (κ2) is 5.04. The van der Waals surface area contributed by atoms with Crippen molar-refractivity contribution in [3.63, 3.8) is 0 Å². The van der Waals surface area contributed by atoms with Gasteiger partial charge in [-0.15, -0.1) is 0 Å². The molecule has 3 aromatic rings. The van der Waals surface area contributed by atoms with Gasteiger partial charge in [-0.1, -0.05) is 0 Å². The van der Waals surface area contributed by atoms with E-state index in [0.717, 1.165) is 5.69 Å². The summed E-state index contributed by atoms with van der Waals surface area (Å²) in [6.07, 6.45) is 6.52. The third-order valence-electron chi connectivity index (χ3n) is 2.64. The molecular weight excluding hydrogens is 274 g/mol. The average Bonchev–Trinajstić information content (AvgIpc) is 3.08. The van der Waals surface area contributed by atoms with E-state index in [1.54, 1.807) is 36.4 Å². The van der Waals surface area contributed by atoms with E-state index >= 15 is 0 Å². The summed E-state index contributed by atoms with van der Waals surface area (Å²) in [5.41, 5.74) is 0.705. The molecular formula is C12H11N7O2. The van der Waals surface area contributed by atoms with Crippen LogP contribution < -0.4 is 5.32 Å². The number of aromatic carboxylic acids is 1. The average molecular weight is 285 g/mol. The minimum absolute atomic E-state index is 0.0459. The Labute approximate surface area is 118 Å². The van der Waals surface area contributed by atoms with Gasteiger partial charge in [-0.05, 0) is 6.07 Å². The van der Waals surface area contributed by atoms with Crippen molar-refractivity contribution in [2.75, 3.05) is 5.32 Å². The predicted molar refractivity (Wildman–Crippen MR) is 72.6 cm³/mol. The Hall–Kier alpha value is -3.23. The molecule has 21 heavy (non-hydrogen) atoms. The van der Waals surface area contributed by atoms with Gasteiger partial charge < -0.3 is 10.4 Å². The normalized spacial score (nSPS) is 10.5. The number of carboxylic acids is 1. The Bertz CT molecular complexity index is 792. The van der Waals surface area contributed by atoms with Crippen LogP contribution in [0.25, 0.3) is 5.82 Å². The molecule has 106 valence electrons. The highest BCUT2D eigenvalue weighted by Crippen LogP contribution is 2.12. The number of rotatable bonds is 4. The molecule has 0 fully saturated rings. The van der Waals surface area contributed by atoms with Crippen LogP contribution in [0.4, 0.5) is 11.6 Å². The third-order valence-corrected chi connectivity index (χ3v) is 2.64. The highest BCUT2D eigenvalue weighted by atomic mass is 16.4. The predicted octanol–water partition coefficient (Wildman–Crippen LogP) is 0.838. The van der Waals surface area contributed by atoms with Crippen molar-refractivity contribution in [3.8, 4) is 5.82 Å². The van der Waals surface area contributed by atoms with Gasteiger partial charge in [-0.2, -0.15) is 15.2 Å².